The van der Waals surface area contributed by atoms with Crippen molar-refractivity contribution in [3.05, 3.63) is 71.4 Å². The van der Waals surface area contributed by atoms with E-state index in [1.54, 1.807) is 25.1 Å². The van der Waals surface area contributed by atoms with Crippen molar-refractivity contribution in [3.63, 3.8) is 0 Å². The summed E-state index contributed by atoms with van der Waals surface area (Å²) in [5, 5.41) is 28.1. The molecule has 0 aliphatic heterocycles. The molecular formula is C26H20N4O6. The summed E-state index contributed by atoms with van der Waals surface area (Å²) in [6, 6.07) is 16.2. The highest BCUT2D eigenvalue weighted by Crippen LogP contribution is 2.38. The highest BCUT2D eigenvalue weighted by atomic mass is 16.5. The van der Waals surface area contributed by atoms with Gasteiger partial charge in [-0.3, -0.25) is 9.59 Å². The lowest BCUT2D eigenvalue weighted by atomic mass is 10.00. The summed E-state index contributed by atoms with van der Waals surface area (Å²) >= 11 is 0. The lowest BCUT2D eigenvalue weighted by Gasteiger charge is -2.14. The van der Waals surface area contributed by atoms with Gasteiger partial charge in [-0.2, -0.15) is 5.26 Å². The summed E-state index contributed by atoms with van der Waals surface area (Å²) in [6.07, 6.45) is 0.233. The van der Waals surface area contributed by atoms with Crippen molar-refractivity contribution in [3.8, 4) is 22.9 Å². The third-order valence-corrected chi connectivity index (χ3v) is 5.44. The van der Waals surface area contributed by atoms with E-state index in [-0.39, 0.29) is 40.4 Å². The molecule has 4 aromatic rings. The molecule has 4 rings (SSSR count). The molecule has 10 nitrogen and oxygen atoms in total. The van der Waals surface area contributed by atoms with Crippen LogP contribution in [0.1, 0.15) is 39.8 Å². The SMILES string of the molecule is CCC(=O)Nc1cc2c(C(=O)Nc3ccc(C#N)cc3C(=O)O)noc2cc1-c1ccccc1OC. The number of nitrogens with one attached hydrogen (secondary N) is 2. The van der Waals surface area contributed by atoms with Crippen LogP contribution in [0.4, 0.5) is 11.4 Å². The average Bonchev–Trinajstić information content (AvgIpc) is 3.31. The number of nitrogens with zero attached hydrogens (tertiary/aromatic N) is 2. The number of amides is 2. The van der Waals surface area contributed by atoms with Gasteiger partial charge in [-0.25, -0.2) is 4.79 Å². The number of para-hydroxylation sites is 1. The quantitative estimate of drug-likeness (QED) is 0.342. The monoisotopic (exact) mass is 484 g/mol. The maximum Gasteiger partial charge on any atom is 0.337 e. The van der Waals surface area contributed by atoms with Gasteiger partial charge in [-0.05, 0) is 36.4 Å². The molecule has 0 aliphatic carbocycles. The zero-order valence-corrected chi connectivity index (χ0v) is 19.3. The van der Waals surface area contributed by atoms with Gasteiger partial charge >= 0.3 is 5.97 Å². The maximum atomic E-state index is 13.1. The predicted octanol–water partition coefficient (Wildman–Crippen LogP) is 4.67. The lowest BCUT2D eigenvalue weighted by Crippen LogP contribution is -2.16. The number of methoxy groups -OCH3 is 1. The normalized spacial score (nSPS) is 10.5. The second kappa shape index (κ2) is 9.99. The molecule has 10 heteroatoms. The van der Waals surface area contributed by atoms with Crippen LogP contribution >= 0.6 is 0 Å². The fourth-order valence-electron chi connectivity index (χ4n) is 3.66. The number of fused-ring (bicyclic) bond motifs is 1. The summed E-state index contributed by atoms with van der Waals surface area (Å²) in [5.41, 5.74) is 1.76. The van der Waals surface area contributed by atoms with Gasteiger partial charge in [0.05, 0.1) is 35.4 Å². The number of nitriles is 1. The fourth-order valence-corrected chi connectivity index (χ4v) is 3.66. The standard InChI is InChI=1S/C26H20N4O6/c1-3-23(31)28-20-11-18-22(12-16(20)15-6-4-5-7-21(15)35-2)36-30-24(18)25(32)29-19-9-8-14(13-27)10-17(19)26(33)34/h4-12H,3H2,1-2H3,(H,28,31)(H,29,32)(H,33,34). The Balaban J connectivity index is 1.80. The van der Waals surface area contributed by atoms with Crippen molar-refractivity contribution in [2.45, 2.75) is 13.3 Å². The number of anilines is 2. The van der Waals surface area contributed by atoms with Crippen LogP contribution in [0.15, 0.2) is 59.1 Å². The van der Waals surface area contributed by atoms with Crippen LogP contribution in [-0.4, -0.2) is 35.2 Å². The van der Waals surface area contributed by atoms with E-state index in [4.69, 9.17) is 14.5 Å². The summed E-state index contributed by atoms with van der Waals surface area (Å²) in [5.74, 6) is -1.70. The van der Waals surface area contributed by atoms with E-state index in [0.717, 1.165) is 6.07 Å². The second-order valence-electron chi connectivity index (χ2n) is 7.66. The van der Waals surface area contributed by atoms with Crippen LogP contribution in [0.5, 0.6) is 5.75 Å². The van der Waals surface area contributed by atoms with Crippen LogP contribution in [0, 0.1) is 11.3 Å². The number of rotatable bonds is 7. The van der Waals surface area contributed by atoms with Crippen LogP contribution in [0.25, 0.3) is 22.1 Å². The van der Waals surface area contributed by atoms with Crippen molar-refractivity contribution in [1.29, 1.82) is 5.26 Å². The number of carboxylic acid groups (broad SMARTS) is 1. The number of carbonyl (C=O) groups excluding carboxylic acids is 2. The summed E-state index contributed by atoms with van der Waals surface area (Å²) in [6.45, 7) is 1.71. The Hall–Kier alpha value is -5.17. The van der Waals surface area contributed by atoms with Crippen molar-refractivity contribution in [2.75, 3.05) is 17.7 Å². The van der Waals surface area contributed by atoms with Crippen LogP contribution in [0.3, 0.4) is 0 Å². The predicted molar refractivity (Wildman–Crippen MR) is 131 cm³/mol. The smallest absolute Gasteiger partial charge is 0.337 e. The highest BCUT2D eigenvalue weighted by Gasteiger charge is 2.22. The van der Waals surface area contributed by atoms with E-state index < -0.39 is 11.9 Å². The number of aromatic carboxylic acids is 1. The van der Waals surface area contributed by atoms with E-state index in [9.17, 15) is 19.5 Å². The number of hydrogen-bond acceptors (Lipinski definition) is 7. The van der Waals surface area contributed by atoms with Crippen molar-refractivity contribution < 1.29 is 28.8 Å². The molecule has 2 amide bonds. The Kier molecular flexibility index (Phi) is 6.65. The summed E-state index contributed by atoms with van der Waals surface area (Å²) < 4.78 is 10.9. The minimum absolute atomic E-state index is 0.00667. The Labute approximate surface area is 205 Å². The summed E-state index contributed by atoms with van der Waals surface area (Å²) in [4.78, 5) is 37.0. The fraction of sp³-hybridized carbons (Fsp3) is 0.115. The molecule has 0 radical (unpaired) electrons. The third kappa shape index (κ3) is 4.58. The van der Waals surface area contributed by atoms with E-state index in [1.165, 1.54) is 19.2 Å². The Morgan fingerprint density at radius 2 is 1.83 bits per heavy atom. The summed E-state index contributed by atoms with van der Waals surface area (Å²) in [7, 11) is 1.53. The van der Waals surface area contributed by atoms with Gasteiger partial charge in [-0.15, -0.1) is 0 Å². The number of aromatic nitrogens is 1. The molecule has 0 bridgehead atoms. The second-order valence-corrected chi connectivity index (χ2v) is 7.66. The van der Waals surface area contributed by atoms with Gasteiger partial charge in [-0.1, -0.05) is 30.3 Å². The molecule has 1 heterocycles. The Morgan fingerprint density at radius 1 is 1.06 bits per heavy atom. The first kappa shape index (κ1) is 24.0. The minimum Gasteiger partial charge on any atom is -0.496 e. The average molecular weight is 484 g/mol. The Bertz CT molecular complexity index is 1550. The molecule has 36 heavy (non-hydrogen) atoms. The molecule has 0 fully saturated rings. The molecule has 3 N–H and O–H groups in total. The van der Waals surface area contributed by atoms with Gasteiger partial charge in [0, 0.05) is 23.2 Å². The number of ether oxygens (including phenoxy) is 1. The van der Waals surface area contributed by atoms with E-state index in [2.05, 4.69) is 15.8 Å². The van der Waals surface area contributed by atoms with Gasteiger partial charge in [0.25, 0.3) is 5.91 Å². The molecule has 0 saturated heterocycles. The minimum atomic E-state index is -1.31. The lowest BCUT2D eigenvalue weighted by molar-refractivity contribution is -0.115. The maximum absolute atomic E-state index is 13.1. The third-order valence-electron chi connectivity index (χ3n) is 5.44. The zero-order valence-electron chi connectivity index (χ0n) is 19.3. The largest absolute Gasteiger partial charge is 0.496 e. The number of hydrogen-bond donors (Lipinski definition) is 3. The number of carbonyl (C=O) groups is 3. The van der Waals surface area contributed by atoms with E-state index in [0.29, 0.717) is 28.0 Å². The molecule has 3 aromatic carbocycles. The van der Waals surface area contributed by atoms with Crippen LogP contribution in [-0.2, 0) is 4.79 Å². The highest BCUT2D eigenvalue weighted by molar-refractivity contribution is 6.14. The number of carboxylic acids is 1. The topological polar surface area (TPSA) is 155 Å². The molecule has 180 valence electrons. The van der Waals surface area contributed by atoms with Crippen LogP contribution < -0.4 is 15.4 Å². The van der Waals surface area contributed by atoms with Gasteiger partial charge in [0.2, 0.25) is 5.91 Å². The van der Waals surface area contributed by atoms with Crippen molar-refractivity contribution in [2.24, 2.45) is 0 Å². The first-order valence-electron chi connectivity index (χ1n) is 10.8. The van der Waals surface area contributed by atoms with Gasteiger partial charge in [0.1, 0.15) is 5.75 Å². The molecule has 0 atom stereocenters. The first-order valence-corrected chi connectivity index (χ1v) is 10.8. The van der Waals surface area contributed by atoms with Gasteiger partial charge in [0.15, 0.2) is 11.3 Å². The molecule has 0 aliphatic rings. The van der Waals surface area contributed by atoms with E-state index in [1.807, 2.05) is 24.3 Å². The van der Waals surface area contributed by atoms with Crippen molar-refractivity contribution in [1.82, 2.24) is 5.16 Å². The zero-order chi connectivity index (χ0) is 25.8. The number of benzene rings is 3. The Morgan fingerprint density at radius 3 is 2.53 bits per heavy atom. The van der Waals surface area contributed by atoms with Gasteiger partial charge < -0.3 is 25.0 Å². The van der Waals surface area contributed by atoms with E-state index >= 15 is 0 Å². The molecule has 0 unspecified atom stereocenters. The van der Waals surface area contributed by atoms with Crippen LogP contribution in [0.2, 0.25) is 0 Å². The molecule has 0 spiro atoms. The van der Waals surface area contributed by atoms with Crippen molar-refractivity contribution >= 4 is 40.1 Å². The molecular weight excluding hydrogens is 464 g/mol. The first-order chi connectivity index (χ1) is 17.4. The molecule has 0 saturated carbocycles. The molecule has 1 aromatic heterocycles.